The Labute approximate surface area is 153 Å². The summed E-state index contributed by atoms with van der Waals surface area (Å²) in [6.07, 6.45) is 0.0942. The van der Waals surface area contributed by atoms with Gasteiger partial charge in [-0.15, -0.1) is 0 Å². The van der Waals surface area contributed by atoms with E-state index in [4.69, 9.17) is 0 Å². The second-order valence-corrected chi connectivity index (χ2v) is 6.73. The Balaban J connectivity index is 1.61. The van der Waals surface area contributed by atoms with Crippen LogP contribution >= 0.6 is 0 Å². The van der Waals surface area contributed by atoms with E-state index in [1.54, 1.807) is 12.1 Å². The van der Waals surface area contributed by atoms with Gasteiger partial charge < -0.3 is 10.4 Å². The summed E-state index contributed by atoms with van der Waals surface area (Å²) in [5, 5.41) is 14.0. The molecule has 0 radical (unpaired) electrons. The SMILES string of the molecule is O=C(N[C@H]1c2ccccc2[C@H](Cc2ccccc2)C1O)c1ccccc1. The van der Waals surface area contributed by atoms with Crippen molar-refractivity contribution in [2.75, 3.05) is 0 Å². The van der Waals surface area contributed by atoms with Crippen molar-refractivity contribution in [3.05, 3.63) is 107 Å². The van der Waals surface area contributed by atoms with Gasteiger partial charge in [0, 0.05) is 11.5 Å². The Morgan fingerprint density at radius 1 is 0.808 bits per heavy atom. The van der Waals surface area contributed by atoms with E-state index >= 15 is 0 Å². The van der Waals surface area contributed by atoms with Gasteiger partial charge in [-0.3, -0.25) is 4.79 Å². The van der Waals surface area contributed by atoms with Gasteiger partial charge in [0.1, 0.15) is 0 Å². The highest BCUT2D eigenvalue weighted by molar-refractivity contribution is 5.94. The third-order valence-electron chi connectivity index (χ3n) is 5.11. The summed E-state index contributed by atoms with van der Waals surface area (Å²) in [6.45, 7) is 0. The van der Waals surface area contributed by atoms with Gasteiger partial charge in [-0.1, -0.05) is 72.8 Å². The number of aliphatic hydroxyl groups is 1. The van der Waals surface area contributed by atoms with Crippen molar-refractivity contribution in [2.24, 2.45) is 0 Å². The van der Waals surface area contributed by atoms with Crippen molar-refractivity contribution in [1.29, 1.82) is 0 Å². The molecule has 130 valence electrons. The van der Waals surface area contributed by atoms with E-state index in [0.717, 1.165) is 17.5 Å². The molecular formula is C23H21NO2. The van der Waals surface area contributed by atoms with Crippen molar-refractivity contribution in [2.45, 2.75) is 24.5 Å². The lowest BCUT2D eigenvalue weighted by molar-refractivity contribution is 0.0813. The van der Waals surface area contributed by atoms with Crippen LogP contribution in [0.1, 0.15) is 39.0 Å². The predicted octanol–water partition coefficient (Wildman–Crippen LogP) is 3.86. The smallest absolute Gasteiger partial charge is 0.251 e. The fourth-order valence-corrected chi connectivity index (χ4v) is 3.81. The number of aliphatic hydroxyl groups excluding tert-OH is 1. The lowest BCUT2D eigenvalue weighted by atomic mass is 9.92. The molecule has 3 aromatic carbocycles. The van der Waals surface area contributed by atoms with Crippen molar-refractivity contribution < 1.29 is 9.90 Å². The van der Waals surface area contributed by atoms with Gasteiger partial charge in [0.05, 0.1) is 12.1 Å². The van der Waals surface area contributed by atoms with E-state index in [9.17, 15) is 9.90 Å². The van der Waals surface area contributed by atoms with E-state index in [-0.39, 0.29) is 11.8 Å². The molecule has 0 saturated heterocycles. The Morgan fingerprint density at radius 2 is 1.38 bits per heavy atom. The molecule has 1 aliphatic carbocycles. The van der Waals surface area contributed by atoms with Crippen LogP contribution in [0.3, 0.4) is 0 Å². The molecule has 0 heterocycles. The standard InChI is InChI=1S/C23H21NO2/c25-22-20(15-16-9-3-1-4-10-16)18-13-7-8-14-19(18)21(22)24-23(26)17-11-5-2-6-12-17/h1-14,20-22,25H,15H2,(H,24,26)/t20-,21-,22?/m0/s1. The second-order valence-electron chi connectivity index (χ2n) is 6.73. The van der Waals surface area contributed by atoms with Gasteiger partial charge in [-0.05, 0) is 35.2 Å². The molecule has 0 aromatic heterocycles. The molecule has 1 amide bonds. The second kappa shape index (κ2) is 7.14. The molecular weight excluding hydrogens is 322 g/mol. The number of carbonyl (C=O) groups excluding carboxylic acids is 1. The molecule has 2 N–H and O–H groups in total. The van der Waals surface area contributed by atoms with Crippen LogP contribution in [0.5, 0.6) is 0 Å². The largest absolute Gasteiger partial charge is 0.390 e. The molecule has 3 nitrogen and oxygen atoms in total. The Morgan fingerprint density at radius 3 is 2.08 bits per heavy atom. The maximum Gasteiger partial charge on any atom is 0.251 e. The van der Waals surface area contributed by atoms with Crippen LogP contribution in [0.25, 0.3) is 0 Å². The van der Waals surface area contributed by atoms with Crippen LogP contribution < -0.4 is 5.32 Å². The number of hydrogen-bond acceptors (Lipinski definition) is 2. The molecule has 1 aliphatic rings. The van der Waals surface area contributed by atoms with Gasteiger partial charge >= 0.3 is 0 Å². The first-order valence-corrected chi connectivity index (χ1v) is 8.91. The highest BCUT2D eigenvalue weighted by Crippen LogP contribution is 2.42. The monoisotopic (exact) mass is 343 g/mol. The highest BCUT2D eigenvalue weighted by Gasteiger charge is 2.40. The lowest BCUT2D eigenvalue weighted by Crippen LogP contribution is -2.35. The molecule has 1 unspecified atom stereocenters. The maximum atomic E-state index is 12.6. The van der Waals surface area contributed by atoms with Gasteiger partial charge in [-0.25, -0.2) is 0 Å². The minimum absolute atomic E-state index is 0.0327. The zero-order valence-corrected chi connectivity index (χ0v) is 14.4. The summed E-state index contributed by atoms with van der Waals surface area (Å²) in [5.74, 6) is -0.195. The van der Waals surface area contributed by atoms with E-state index in [1.165, 1.54) is 5.56 Å². The highest BCUT2D eigenvalue weighted by atomic mass is 16.3. The van der Waals surface area contributed by atoms with E-state index in [1.807, 2.05) is 54.6 Å². The lowest BCUT2D eigenvalue weighted by Gasteiger charge is -2.21. The normalized spacial score (nSPS) is 21.2. The van der Waals surface area contributed by atoms with Gasteiger partial charge in [0.2, 0.25) is 0 Å². The minimum atomic E-state index is -0.653. The fourth-order valence-electron chi connectivity index (χ4n) is 3.81. The minimum Gasteiger partial charge on any atom is -0.390 e. The predicted molar refractivity (Wildman–Crippen MR) is 102 cm³/mol. The number of amides is 1. The summed E-state index contributed by atoms with van der Waals surface area (Å²) >= 11 is 0. The first-order valence-electron chi connectivity index (χ1n) is 8.91. The third-order valence-corrected chi connectivity index (χ3v) is 5.11. The number of fused-ring (bicyclic) bond motifs is 1. The van der Waals surface area contributed by atoms with Crippen LogP contribution in [0.4, 0.5) is 0 Å². The quantitative estimate of drug-likeness (QED) is 0.756. The number of hydrogen-bond donors (Lipinski definition) is 2. The van der Waals surface area contributed by atoms with Crippen molar-refractivity contribution in [1.82, 2.24) is 5.32 Å². The number of carbonyl (C=O) groups is 1. The van der Waals surface area contributed by atoms with E-state index < -0.39 is 12.1 Å². The molecule has 3 heteroatoms. The van der Waals surface area contributed by atoms with E-state index in [0.29, 0.717) is 5.56 Å². The number of rotatable bonds is 4. The Kier molecular flexibility index (Phi) is 4.55. The van der Waals surface area contributed by atoms with Crippen molar-refractivity contribution in [3.8, 4) is 0 Å². The number of nitrogens with one attached hydrogen (secondary N) is 1. The molecule has 26 heavy (non-hydrogen) atoms. The van der Waals surface area contributed by atoms with Crippen molar-refractivity contribution in [3.63, 3.8) is 0 Å². The van der Waals surface area contributed by atoms with Crippen LogP contribution in [0, 0.1) is 0 Å². The third kappa shape index (κ3) is 3.14. The van der Waals surface area contributed by atoms with Crippen LogP contribution in [0.15, 0.2) is 84.9 Å². The number of benzene rings is 3. The molecule has 0 aliphatic heterocycles. The van der Waals surface area contributed by atoms with Crippen molar-refractivity contribution >= 4 is 5.91 Å². The summed E-state index contributed by atoms with van der Waals surface area (Å²) in [7, 11) is 0. The summed E-state index contributed by atoms with van der Waals surface area (Å²) < 4.78 is 0. The average Bonchev–Trinajstić information content (AvgIpc) is 2.95. The van der Waals surface area contributed by atoms with E-state index in [2.05, 4.69) is 23.5 Å². The van der Waals surface area contributed by atoms with Gasteiger partial charge in [-0.2, -0.15) is 0 Å². The first kappa shape index (κ1) is 16.6. The Bertz CT molecular complexity index is 892. The molecule has 0 spiro atoms. The molecule has 3 aromatic rings. The fraction of sp³-hybridized carbons (Fsp3) is 0.174. The first-order chi connectivity index (χ1) is 12.7. The molecule has 0 fully saturated rings. The molecule has 0 saturated carbocycles. The summed E-state index contributed by atoms with van der Waals surface area (Å²) in [4.78, 5) is 12.6. The van der Waals surface area contributed by atoms with Crippen LogP contribution in [-0.4, -0.2) is 17.1 Å². The zero-order valence-electron chi connectivity index (χ0n) is 14.4. The van der Waals surface area contributed by atoms with Gasteiger partial charge in [0.15, 0.2) is 0 Å². The zero-order chi connectivity index (χ0) is 17.9. The average molecular weight is 343 g/mol. The molecule has 4 rings (SSSR count). The molecule has 0 bridgehead atoms. The van der Waals surface area contributed by atoms with Crippen LogP contribution in [-0.2, 0) is 6.42 Å². The van der Waals surface area contributed by atoms with Crippen LogP contribution in [0.2, 0.25) is 0 Å². The summed E-state index contributed by atoms with van der Waals surface area (Å²) in [5.41, 5.74) is 3.90. The molecule has 3 atom stereocenters. The Hall–Kier alpha value is -2.91. The summed E-state index contributed by atoms with van der Waals surface area (Å²) in [6, 6.07) is 26.9. The maximum absolute atomic E-state index is 12.6. The topological polar surface area (TPSA) is 49.3 Å². The van der Waals surface area contributed by atoms with Gasteiger partial charge in [0.25, 0.3) is 5.91 Å².